The summed E-state index contributed by atoms with van der Waals surface area (Å²) >= 11 is 0. The Balaban J connectivity index is 1.55. The highest BCUT2D eigenvalue weighted by atomic mass is 19.1. The lowest BCUT2D eigenvalue weighted by atomic mass is 9.97. The normalized spacial score (nSPS) is 20.7. The zero-order chi connectivity index (χ0) is 24.1. The second kappa shape index (κ2) is 10.8. The molecule has 1 saturated heterocycles. The predicted molar refractivity (Wildman–Crippen MR) is 126 cm³/mol. The zero-order valence-electron chi connectivity index (χ0n) is 19.6. The molecule has 0 spiro atoms. The lowest BCUT2D eigenvalue weighted by Gasteiger charge is -2.32. The van der Waals surface area contributed by atoms with Crippen molar-refractivity contribution in [3.8, 4) is 5.75 Å². The second-order valence-corrected chi connectivity index (χ2v) is 8.58. The van der Waals surface area contributed by atoms with Gasteiger partial charge in [-0.2, -0.15) is 5.10 Å². The number of carbonyl (C=O) groups is 2. The molecule has 0 saturated carbocycles. The molecule has 1 fully saturated rings. The smallest absolute Gasteiger partial charge is 0.310 e. The van der Waals surface area contributed by atoms with Crippen LogP contribution < -0.4 is 4.74 Å². The Bertz CT molecular complexity index is 1060. The SMILES string of the molecule is CCOC(=O)[C@@H]1CCCN(CC(=O)N2N=C(c3ccccc3F)C[C@@H]2c2ccc(OC)cc2)C1. The number of benzene rings is 2. The number of amides is 1. The molecule has 2 aliphatic heterocycles. The fraction of sp³-hybridized carbons (Fsp3) is 0.423. The third-order valence-electron chi connectivity index (χ3n) is 6.34. The summed E-state index contributed by atoms with van der Waals surface area (Å²) in [5.41, 5.74) is 1.83. The number of halogens is 1. The van der Waals surface area contributed by atoms with Crippen LogP contribution in [0.4, 0.5) is 4.39 Å². The van der Waals surface area contributed by atoms with E-state index in [1.54, 1.807) is 32.2 Å². The van der Waals surface area contributed by atoms with Gasteiger partial charge in [0.25, 0.3) is 5.91 Å². The van der Waals surface area contributed by atoms with Crippen molar-refractivity contribution in [2.24, 2.45) is 11.0 Å². The molecule has 0 bridgehead atoms. The summed E-state index contributed by atoms with van der Waals surface area (Å²) in [6.07, 6.45) is 1.99. The fourth-order valence-electron chi connectivity index (χ4n) is 4.60. The van der Waals surface area contributed by atoms with Gasteiger partial charge in [0, 0.05) is 18.5 Å². The average molecular weight is 468 g/mol. The van der Waals surface area contributed by atoms with Crippen LogP contribution in [0.5, 0.6) is 5.75 Å². The van der Waals surface area contributed by atoms with Crippen LogP contribution in [-0.4, -0.2) is 60.8 Å². The van der Waals surface area contributed by atoms with E-state index in [1.807, 2.05) is 29.2 Å². The predicted octanol–water partition coefficient (Wildman–Crippen LogP) is 3.79. The summed E-state index contributed by atoms with van der Waals surface area (Å²) in [6, 6.07) is 13.6. The molecule has 0 radical (unpaired) electrons. The van der Waals surface area contributed by atoms with Crippen molar-refractivity contribution in [1.29, 1.82) is 0 Å². The number of hydrogen-bond donors (Lipinski definition) is 0. The summed E-state index contributed by atoms with van der Waals surface area (Å²) in [4.78, 5) is 27.6. The Hall–Kier alpha value is -3.26. The number of ether oxygens (including phenoxy) is 2. The fourth-order valence-corrected chi connectivity index (χ4v) is 4.60. The first-order valence-electron chi connectivity index (χ1n) is 11.7. The van der Waals surface area contributed by atoms with E-state index in [0.29, 0.717) is 36.6 Å². The zero-order valence-corrected chi connectivity index (χ0v) is 19.6. The van der Waals surface area contributed by atoms with Gasteiger partial charge in [-0.3, -0.25) is 14.5 Å². The summed E-state index contributed by atoms with van der Waals surface area (Å²) in [7, 11) is 1.60. The van der Waals surface area contributed by atoms with Crippen molar-refractivity contribution < 1.29 is 23.5 Å². The summed E-state index contributed by atoms with van der Waals surface area (Å²) < 4.78 is 24.9. The average Bonchev–Trinajstić information content (AvgIpc) is 3.30. The highest BCUT2D eigenvalue weighted by Gasteiger charge is 2.36. The van der Waals surface area contributed by atoms with Gasteiger partial charge < -0.3 is 9.47 Å². The van der Waals surface area contributed by atoms with Gasteiger partial charge in [-0.25, -0.2) is 9.40 Å². The number of methoxy groups -OCH3 is 1. The third-order valence-corrected chi connectivity index (χ3v) is 6.34. The Morgan fingerprint density at radius 2 is 1.91 bits per heavy atom. The largest absolute Gasteiger partial charge is 0.497 e. The molecule has 2 aromatic carbocycles. The molecule has 0 aliphatic carbocycles. The van der Waals surface area contributed by atoms with E-state index in [4.69, 9.17) is 9.47 Å². The van der Waals surface area contributed by atoms with Crippen molar-refractivity contribution in [2.45, 2.75) is 32.2 Å². The standard InChI is InChI=1S/C26H30FN3O4/c1-3-34-26(32)19-7-6-14-29(16-19)17-25(31)30-24(18-10-12-20(33-2)13-11-18)15-23(28-30)21-8-4-5-9-22(21)27/h4-5,8-13,19,24H,3,6-7,14-17H2,1-2H3/t19-,24-/m1/s1. The van der Waals surface area contributed by atoms with Gasteiger partial charge >= 0.3 is 5.97 Å². The van der Waals surface area contributed by atoms with Gasteiger partial charge in [0.2, 0.25) is 0 Å². The highest BCUT2D eigenvalue weighted by Crippen LogP contribution is 2.34. The molecule has 0 aromatic heterocycles. The number of carbonyl (C=O) groups excluding carboxylic acids is 2. The maximum absolute atomic E-state index is 14.5. The lowest BCUT2D eigenvalue weighted by molar-refractivity contribution is -0.150. The van der Waals surface area contributed by atoms with Crippen LogP contribution in [0.15, 0.2) is 53.6 Å². The minimum absolute atomic E-state index is 0.136. The molecule has 1 amide bonds. The maximum atomic E-state index is 14.5. The first-order chi connectivity index (χ1) is 16.5. The summed E-state index contributed by atoms with van der Waals surface area (Å²) in [6.45, 7) is 3.48. The minimum Gasteiger partial charge on any atom is -0.497 e. The topological polar surface area (TPSA) is 71.4 Å². The second-order valence-electron chi connectivity index (χ2n) is 8.58. The van der Waals surface area contributed by atoms with E-state index >= 15 is 0 Å². The Morgan fingerprint density at radius 3 is 2.62 bits per heavy atom. The monoisotopic (exact) mass is 467 g/mol. The van der Waals surface area contributed by atoms with Crippen LogP contribution in [0.1, 0.15) is 43.4 Å². The van der Waals surface area contributed by atoms with Crippen LogP contribution in [0, 0.1) is 11.7 Å². The van der Waals surface area contributed by atoms with Crippen LogP contribution in [0.25, 0.3) is 0 Å². The van der Waals surface area contributed by atoms with Crippen LogP contribution in [0.3, 0.4) is 0 Å². The highest BCUT2D eigenvalue weighted by molar-refractivity contribution is 6.03. The van der Waals surface area contributed by atoms with Gasteiger partial charge in [0.05, 0.1) is 37.9 Å². The molecule has 0 N–H and O–H groups in total. The summed E-state index contributed by atoms with van der Waals surface area (Å²) in [5.74, 6) is -0.270. The number of rotatable bonds is 7. The molecule has 4 rings (SSSR count). The summed E-state index contributed by atoms with van der Waals surface area (Å²) in [5, 5.41) is 6.05. The van der Waals surface area contributed by atoms with Crippen LogP contribution in [0.2, 0.25) is 0 Å². The molecule has 2 heterocycles. The van der Waals surface area contributed by atoms with Crippen molar-refractivity contribution in [3.05, 3.63) is 65.5 Å². The van der Waals surface area contributed by atoms with Gasteiger partial charge in [0.1, 0.15) is 11.6 Å². The van der Waals surface area contributed by atoms with E-state index in [2.05, 4.69) is 5.10 Å². The molecule has 2 atom stereocenters. The molecule has 2 aliphatic rings. The number of hydrazone groups is 1. The van der Waals surface area contributed by atoms with Crippen molar-refractivity contribution >= 4 is 17.6 Å². The number of nitrogens with zero attached hydrogens (tertiary/aromatic N) is 3. The first-order valence-corrected chi connectivity index (χ1v) is 11.7. The van der Waals surface area contributed by atoms with E-state index in [0.717, 1.165) is 24.9 Å². The van der Waals surface area contributed by atoms with Gasteiger partial charge in [-0.15, -0.1) is 0 Å². The van der Waals surface area contributed by atoms with Gasteiger partial charge in [-0.05, 0) is 50.1 Å². The Morgan fingerprint density at radius 1 is 1.15 bits per heavy atom. The molecule has 180 valence electrons. The Labute approximate surface area is 199 Å². The Kier molecular flexibility index (Phi) is 7.57. The number of hydrogen-bond acceptors (Lipinski definition) is 6. The quantitative estimate of drug-likeness (QED) is 0.580. The minimum atomic E-state index is -0.364. The van der Waals surface area contributed by atoms with Crippen molar-refractivity contribution in [2.75, 3.05) is 33.4 Å². The van der Waals surface area contributed by atoms with Crippen LogP contribution >= 0.6 is 0 Å². The van der Waals surface area contributed by atoms with Crippen molar-refractivity contribution in [1.82, 2.24) is 9.91 Å². The molecular weight excluding hydrogens is 437 g/mol. The maximum Gasteiger partial charge on any atom is 0.310 e. The third kappa shape index (κ3) is 5.28. The van der Waals surface area contributed by atoms with E-state index in [-0.39, 0.29) is 36.2 Å². The molecular formula is C26H30FN3O4. The number of piperidine rings is 1. The molecule has 8 heteroatoms. The molecule has 7 nitrogen and oxygen atoms in total. The molecule has 0 unspecified atom stereocenters. The molecule has 2 aromatic rings. The lowest BCUT2D eigenvalue weighted by Crippen LogP contribution is -2.44. The van der Waals surface area contributed by atoms with Gasteiger partial charge in [0.15, 0.2) is 0 Å². The van der Waals surface area contributed by atoms with Crippen LogP contribution in [-0.2, 0) is 14.3 Å². The van der Waals surface area contributed by atoms with E-state index in [1.165, 1.54) is 11.1 Å². The van der Waals surface area contributed by atoms with E-state index in [9.17, 15) is 14.0 Å². The number of esters is 1. The first kappa shape index (κ1) is 23.9. The van der Waals surface area contributed by atoms with Gasteiger partial charge in [-0.1, -0.05) is 30.3 Å². The number of likely N-dealkylation sites (tertiary alicyclic amines) is 1. The molecule has 34 heavy (non-hydrogen) atoms. The van der Waals surface area contributed by atoms with Crippen molar-refractivity contribution in [3.63, 3.8) is 0 Å². The van der Waals surface area contributed by atoms with E-state index < -0.39 is 0 Å².